The fourth-order valence-corrected chi connectivity index (χ4v) is 2.12. The van der Waals surface area contributed by atoms with Crippen molar-refractivity contribution in [1.82, 2.24) is 10.6 Å². The van der Waals surface area contributed by atoms with Gasteiger partial charge in [-0.1, -0.05) is 18.2 Å². The summed E-state index contributed by atoms with van der Waals surface area (Å²) in [6.45, 7) is 7.87. The van der Waals surface area contributed by atoms with Gasteiger partial charge < -0.3 is 21.1 Å². The van der Waals surface area contributed by atoms with Crippen molar-refractivity contribution in [3.8, 4) is 5.75 Å². The molecule has 0 bridgehead atoms. The largest absolute Gasteiger partial charge is 0.494 e. The normalized spacial score (nSPS) is 12.4. The van der Waals surface area contributed by atoms with E-state index in [9.17, 15) is 9.59 Å². The summed E-state index contributed by atoms with van der Waals surface area (Å²) in [7, 11) is 0. The number of carbonyl (C=O) groups is 2. The van der Waals surface area contributed by atoms with Crippen LogP contribution in [0.1, 0.15) is 45.7 Å². The lowest BCUT2D eigenvalue weighted by atomic mass is 10.0. The van der Waals surface area contributed by atoms with Crippen molar-refractivity contribution in [3.05, 3.63) is 29.8 Å². The molecular formula is C17H27N3O3. The molecule has 0 fully saturated rings. The van der Waals surface area contributed by atoms with Crippen molar-refractivity contribution < 1.29 is 14.3 Å². The summed E-state index contributed by atoms with van der Waals surface area (Å²) >= 11 is 0. The van der Waals surface area contributed by atoms with E-state index in [1.165, 1.54) is 6.92 Å². The molecule has 0 aliphatic heterocycles. The third-order valence-corrected chi connectivity index (χ3v) is 3.10. The first-order valence-electron chi connectivity index (χ1n) is 7.77. The van der Waals surface area contributed by atoms with Crippen LogP contribution in [-0.4, -0.2) is 30.5 Å². The van der Waals surface area contributed by atoms with Gasteiger partial charge >= 0.3 is 0 Å². The number of para-hydroxylation sites is 1. The Morgan fingerprint density at radius 2 is 1.96 bits per heavy atom. The molecule has 6 nitrogen and oxygen atoms in total. The molecule has 4 N–H and O–H groups in total. The first kappa shape index (κ1) is 19.0. The molecule has 1 unspecified atom stereocenters. The second-order valence-corrected chi connectivity index (χ2v) is 6.19. The smallest absolute Gasteiger partial charge is 0.222 e. The van der Waals surface area contributed by atoms with Crippen molar-refractivity contribution in [2.75, 3.05) is 13.2 Å². The molecule has 0 heterocycles. The van der Waals surface area contributed by atoms with Gasteiger partial charge in [-0.25, -0.2) is 0 Å². The van der Waals surface area contributed by atoms with Crippen LogP contribution in [-0.2, 0) is 9.59 Å². The Morgan fingerprint density at radius 3 is 2.52 bits per heavy atom. The van der Waals surface area contributed by atoms with Crippen LogP contribution in [0.2, 0.25) is 0 Å². The van der Waals surface area contributed by atoms with Crippen molar-refractivity contribution in [2.24, 2.45) is 5.73 Å². The zero-order chi connectivity index (χ0) is 17.5. The van der Waals surface area contributed by atoms with Gasteiger partial charge in [-0.15, -0.1) is 0 Å². The number of rotatable bonds is 8. The Labute approximate surface area is 137 Å². The molecule has 1 rings (SSSR count). The molecule has 0 saturated carbocycles. The molecule has 0 radical (unpaired) electrons. The first-order chi connectivity index (χ1) is 10.7. The van der Waals surface area contributed by atoms with Gasteiger partial charge in [-0.05, 0) is 26.8 Å². The van der Waals surface area contributed by atoms with Crippen molar-refractivity contribution >= 4 is 11.8 Å². The number of benzene rings is 1. The SMILES string of the molecule is CCOc1ccccc1C(CC(=O)NCC(C)(C)N)NC(C)=O. The maximum Gasteiger partial charge on any atom is 0.222 e. The number of ether oxygens (including phenoxy) is 1. The van der Waals surface area contributed by atoms with Crippen LogP contribution in [0.5, 0.6) is 5.75 Å². The Hall–Kier alpha value is -2.08. The highest BCUT2D eigenvalue weighted by molar-refractivity contribution is 5.79. The van der Waals surface area contributed by atoms with Gasteiger partial charge in [0.2, 0.25) is 11.8 Å². The molecule has 1 atom stereocenters. The molecule has 0 aliphatic carbocycles. The number of nitrogens with one attached hydrogen (secondary N) is 2. The van der Waals surface area contributed by atoms with E-state index in [2.05, 4.69) is 10.6 Å². The zero-order valence-corrected chi connectivity index (χ0v) is 14.3. The fourth-order valence-electron chi connectivity index (χ4n) is 2.12. The highest BCUT2D eigenvalue weighted by Gasteiger charge is 2.21. The summed E-state index contributed by atoms with van der Waals surface area (Å²) in [6.07, 6.45) is 0.125. The van der Waals surface area contributed by atoms with Crippen molar-refractivity contribution in [1.29, 1.82) is 0 Å². The Morgan fingerprint density at radius 1 is 1.30 bits per heavy atom. The van der Waals surface area contributed by atoms with Gasteiger partial charge in [-0.2, -0.15) is 0 Å². The van der Waals surface area contributed by atoms with Crippen LogP contribution >= 0.6 is 0 Å². The average molecular weight is 321 g/mol. The molecule has 0 aliphatic rings. The van der Waals surface area contributed by atoms with Gasteiger partial charge in [0.15, 0.2) is 0 Å². The minimum Gasteiger partial charge on any atom is -0.494 e. The monoisotopic (exact) mass is 321 g/mol. The lowest BCUT2D eigenvalue weighted by Gasteiger charge is -2.23. The number of hydrogen-bond donors (Lipinski definition) is 3. The Balaban J connectivity index is 2.88. The van der Waals surface area contributed by atoms with Gasteiger partial charge in [0.1, 0.15) is 5.75 Å². The summed E-state index contributed by atoms with van der Waals surface area (Å²) in [5.41, 5.74) is 6.17. The molecular weight excluding hydrogens is 294 g/mol. The van der Waals surface area contributed by atoms with E-state index in [1.807, 2.05) is 45.0 Å². The number of nitrogens with two attached hydrogens (primary N) is 1. The molecule has 2 amide bonds. The number of amides is 2. The van der Waals surface area contributed by atoms with E-state index in [0.29, 0.717) is 18.9 Å². The highest BCUT2D eigenvalue weighted by atomic mass is 16.5. The maximum absolute atomic E-state index is 12.2. The highest BCUT2D eigenvalue weighted by Crippen LogP contribution is 2.27. The van der Waals surface area contributed by atoms with E-state index in [1.54, 1.807) is 0 Å². The third kappa shape index (κ3) is 7.15. The standard InChI is InChI=1S/C17H27N3O3/c1-5-23-15-9-7-6-8-13(15)14(20-12(2)21)10-16(22)19-11-17(3,4)18/h6-9,14H,5,10-11,18H2,1-4H3,(H,19,22)(H,20,21). The van der Waals surface area contributed by atoms with Crippen molar-refractivity contribution in [2.45, 2.75) is 45.7 Å². The van der Waals surface area contributed by atoms with E-state index < -0.39 is 11.6 Å². The van der Waals surface area contributed by atoms with E-state index in [4.69, 9.17) is 10.5 Å². The molecule has 1 aromatic carbocycles. The molecule has 0 saturated heterocycles. The van der Waals surface area contributed by atoms with Gasteiger partial charge in [-0.3, -0.25) is 9.59 Å². The molecule has 0 spiro atoms. The van der Waals surface area contributed by atoms with Crippen LogP contribution in [0.25, 0.3) is 0 Å². The summed E-state index contributed by atoms with van der Waals surface area (Å²) in [6, 6.07) is 6.95. The molecule has 128 valence electrons. The first-order valence-corrected chi connectivity index (χ1v) is 7.77. The summed E-state index contributed by atoms with van der Waals surface area (Å²) in [5.74, 6) is 0.294. The lowest BCUT2D eigenvalue weighted by molar-refractivity contribution is -0.123. The maximum atomic E-state index is 12.2. The second-order valence-electron chi connectivity index (χ2n) is 6.19. The fraction of sp³-hybridized carbons (Fsp3) is 0.529. The second kappa shape index (κ2) is 8.53. The van der Waals surface area contributed by atoms with Crippen LogP contribution in [0.4, 0.5) is 0 Å². The van der Waals surface area contributed by atoms with Gasteiger partial charge in [0, 0.05) is 24.6 Å². The quantitative estimate of drug-likeness (QED) is 0.676. The summed E-state index contributed by atoms with van der Waals surface area (Å²) in [4.78, 5) is 23.7. The van der Waals surface area contributed by atoms with Crippen LogP contribution < -0.4 is 21.1 Å². The summed E-state index contributed by atoms with van der Waals surface area (Å²) < 4.78 is 5.59. The van der Waals surface area contributed by atoms with E-state index in [0.717, 1.165) is 5.56 Å². The van der Waals surface area contributed by atoms with Gasteiger partial charge in [0.25, 0.3) is 0 Å². The lowest BCUT2D eigenvalue weighted by Crippen LogP contribution is -2.45. The van der Waals surface area contributed by atoms with Crippen LogP contribution in [0.3, 0.4) is 0 Å². The predicted molar refractivity (Wildman–Crippen MR) is 90.1 cm³/mol. The third-order valence-electron chi connectivity index (χ3n) is 3.10. The Kier molecular flexibility index (Phi) is 7.03. The minimum atomic E-state index is -0.484. The van der Waals surface area contributed by atoms with E-state index in [-0.39, 0.29) is 18.2 Å². The van der Waals surface area contributed by atoms with E-state index >= 15 is 0 Å². The molecule has 23 heavy (non-hydrogen) atoms. The Bertz CT molecular complexity index is 538. The average Bonchev–Trinajstić information content (AvgIpc) is 2.44. The molecule has 0 aromatic heterocycles. The summed E-state index contributed by atoms with van der Waals surface area (Å²) in [5, 5.41) is 5.60. The topological polar surface area (TPSA) is 93.4 Å². The van der Waals surface area contributed by atoms with Crippen molar-refractivity contribution in [3.63, 3.8) is 0 Å². The number of carbonyl (C=O) groups excluding carboxylic acids is 2. The van der Waals surface area contributed by atoms with Crippen LogP contribution in [0.15, 0.2) is 24.3 Å². The van der Waals surface area contributed by atoms with Gasteiger partial charge in [0.05, 0.1) is 19.1 Å². The molecule has 1 aromatic rings. The number of hydrogen-bond acceptors (Lipinski definition) is 4. The zero-order valence-electron chi connectivity index (χ0n) is 14.3. The predicted octanol–water partition coefficient (Wildman–Crippen LogP) is 1.51. The minimum absolute atomic E-state index is 0.125. The van der Waals surface area contributed by atoms with Crippen LogP contribution in [0, 0.1) is 0 Å². The molecule has 6 heteroatoms.